The molecule has 0 aliphatic carbocycles. The minimum absolute atomic E-state index is 0.109. The number of carbonyl (C=O) groups is 1. The average molecular weight is 309 g/mol. The van der Waals surface area contributed by atoms with Gasteiger partial charge in [-0.2, -0.15) is 5.10 Å². The molecule has 0 aliphatic rings. The van der Waals surface area contributed by atoms with Gasteiger partial charge in [-0.15, -0.1) is 0 Å². The van der Waals surface area contributed by atoms with Crippen LogP contribution in [0, 0.1) is 6.92 Å². The summed E-state index contributed by atoms with van der Waals surface area (Å²) in [6.07, 6.45) is 1.61. The largest absolute Gasteiger partial charge is 0.496 e. The predicted molar refractivity (Wildman–Crippen MR) is 72.1 cm³/mol. The van der Waals surface area contributed by atoms with Crippen LogP contribution in [0.1, 0.15) is 21.6 Å². The van der Waals surface area contributed by atoms with Crippen molar-refractivity contribution in [3.63, 3.8) is 0 Å². The van der Waals surface area contributed by atoms with Crippen LogP contribution in [-0.2, 0) is 7.05 Å². The summed E-state index contributed by atoms with van der Waals surface area (Å²) in [5.74, 6) is 0.459. The van der Waals surface area contributed by atoms with E-state index in [1.807, 2.05) is 19.1 Å². The lowest BCUT2D eigenvalue weighted by molar-refractivity contribution is 0.102. The number of carbonyl (C=O) groups excluding carboxylic acids is 1. The highest BCUT2D eigenvalue weighted by atomic mass is 79.9. The van der Waals surface area contributed by atoms with Gasteiger partial charge in [0.15, 0.2) is 0 Å². The summed E-state index contributed by atoms with van der Waals surface area (Å²) in [6.45, 7) is 1.94. The minimum Gasteiger partial charge on any atom is -0.496 e. The van der Waals surface area contributed by atoms with Crippen molar-refractivity contribution in [3.8, 4) is 5.75 Å². The fraction of sp³-hybridized carbons (Fsp3) is 0.231. The van der Waals surface area contributed by atoms with Crippen LogP contribution in [0.15, 0.2) is 28.9 Å². The Kier molecular flexibility index (Phi) is 3.52. The van der Waals surface area contributed by atoms with Gasteiger partial charge in [0.05, 0.1) is 23.3 Å². The molecule has 0 fully saturated rings. The van der Waals surface area contributed by atoms with Crippen LogP contribution >= 0.6 is 15.9 Å². The number of rotatable bonds is 3. The van der Waals surface area contributed by atoms with Crippen LogP contribution in [-0.4, -0.2) is 22.7 Å². The Labute approximate surface area is 114 Å². The Balaban J connectivity index is 2.55. The molecule has 0 atom stereocenters. The molecule has 5 heteroatoms. The second-order valence-corrected chi connectivity index (χ2v) is 4.85. The molecule has 94 valence electrons. The zero-order valence-electron chi connectivity index (χ0n) is 10.4. The number of hydrogen-bond donors (Lipinski definition) is 0. The number of halogens is 1. The van der Waals surface area contributed by atoms with E-state index in [-0.39, 0.29) is 5.78 Å². The molecule has 1 aromatic carbocycles. The molecule has 2 rings (SSSR count). The summed E-state index contributed by atoms with van der Waals surface area (Å²) in [5, 5.41) is 4.05. The van der Waals surface area contributed by atoms with Crippen molar-refractivity contribution >= 4 is 21.7 Å². The average Bonchev–Trinajstić information content (AvgIpc) is 2.68. The first kappa shape index (κ1) is 12.8. The third kappa shape index (κ3) is 2.18. The number of hydrogen-bond acceptors (Lipinski definition) is 3. The molecule has 4 nitrogen and oxygen atoms in total. The molecular formula is C13H13BrN2O2. The van der Waals surface area contributed by atoms with E-state index in [0.29, 0.717) is 21.5 Å². The summed E-state index contributed by atoms with van der Waals surface area (Å²) in [4.78, 5) is 12.5. The standard InChI is InChI=1S/C13H13BrN2O2/c1-8-4-5-11(18-3)9(6-8)13(17)12-10(14)7-15-16(12)2/h4-7H,1-3H3. The van der Waals surface area contributed by atoms with Gasteiger partial charge in [-0.25, -0.2) is 0 Å². The zero-order valence-corrected chi connectivity index (χ0v) is 12.0. The van der Waals surface area contributed by atoms with Gasteiger partial charge in [-0.3, -0.25) is 9.48 Å². The first-order chi connectivity index (χ1) is 8.54. The number of ether oxygens (including phenoxy) is 1. The molecule has 0 saturated heterocycles. The third-order valence-corrected chi connectivity index (χ3v) is 3.29. The van der Waals surface area contributed by atoms with E-state index >= 15 is 0 Å². The molecule has 2 aromatic rings. The quantitative estimate of drug-likeness (QED) is 0.819. The van der Waals surface area contributed by atoms with Crippen LogP contribution in [0.2, 0.25) is 0 Å². The van der Waals surface area contributed by atoms with Crippen LogP contribution < -0.4 is 4.74 Å². The van der Waals surface area contributed by atoms with Crippen LogP contribution in [0.3, 0.4) is 0 Å². The number of methoxy groups -OCH3 is 1. The SMILES string of the molecule is COc1ccc(C)cc1C(=O)c1c(Br)cnn1C. The molecule has 1 aromatic heterocycles. The van der Waals surface area contributed by atoms with E-state index in [0.717, 1.165) is 5.56 Å². The molecule has 0 saturated carbocycles. The van der Waals surface area contributed by atoms with E-state index in [2.05, 4.69) is 21.0 Å². The summed E-state index contributed by atoms with van der Waals surface area (Å²) in [5.41, 5.74) is 2.07. The van der Waals surface area contributed by atoms with Crippen LogP contribution in [0.4, 0.5) is 0 Å². The number of benzene rings is 1. The van der Waals surface area contributed by atoms with E-state index in [1.165, 1.54) is 0 Å². The van der Waals surface area contributed by atoms with Crippen molar-refractivity contribution in [2.45, 2.75) is 6.92 Å². The summed E-state index contributed by atoms with van der Waals surface area (Å²) >= 11 is 3.34. The van der Waals surface area contributed by atoms with E-state index in [9.17, 15) is 4.79 Å². The smallest absolute Gasteiger partial charge is 0.215 e. The van der Waals surface area contributed by atoms with Crippen LogP contribution in [0.25, 0.3) is 0 Å². The highest BCUT2D eigenvalue weighted by molar-refractivity contribution is 9.10. The summed E-state index contributed by atoms with van der Waals surface area (Å²) in [7, 11) is 3.29. The molecule has 0 amide bonds. The van der Waals surface area contributed by atoms with Gasteiger partial charge in [-0.1, -0.05) is 11.6 Å². The van der Waals surface area contributed by atoms with Crippen molar-refractivity contribution in [1.29, 1.82) is 0 Å². The van der Waals surface area contributed by atoms with Gasteiger partial charge in [0, 0.05) is 7.05 Å². The van der Waals surface area contributed by atoms with Gasteiger partial charge in [0.2, 0.25) is 5.78 Å². The molecule has 0 unspecified atom stereocenters. The second kappa shape index (κ2) is 4.94. The summed E-state index contributed by atoms with van der Waals surface area (Å²) in [6, 6.07) is 5.53. The molecule has 0 aliphatic heterocycles. The van der Waals surface area contributed by atoms with E-state index in [4.69, 9.17) is 4.74 Å². The first-order valence-corrected chi connectivity index (χ1v) is 6.20. The van der Waals surface area contributed by atoms with Gasteiger partial charge in [-0.05, 0) is 35.0 Å². The lowest BCUT2D eigenvalue weighted by Gasteiger charge is -2.09. The van der Waals surface area contributed by atoms with Crippen LogP contribution in [0.5, 0.6) is 5.75 Å². The fourth-order valence-electron chi connectivity index (χ4n) is 1.79. The Bertz CT molecular complexity index is 586. The van der Waals surface area contributed by atoms with Gasteiger partial charge in [0.1, 0.15) is 11.4 Å². The van der Waals surface area contributed by atoms with Gasteiger partial charge < -0.3 is 4.74 Å². The Morgan fingerprint density at radius 3 is 2.72 bits per heavy atom. The fourth-order valence-corrected chi connectivity index (χ4v) is 2.32. The maximum Gasteiger partial charge on any atom is 0.215 e. The van der Waals surface area contributed by atoms with Gasteiger partial charge in [0.25, 0.3) is 0 Å². The monoisotopic (exact) mass is 308 g/mol. The molecule has 1 heterocycles. The van der Waals surface area contributed by atoms with Crippen molar-refractivity contribution in [2.75, 3.05) is 7.11 Å². The molecule has 0 radical (unpaired) electrons. The highest BCUT2D eigenvalue weighted by Gasteiger charge is 2.20. The molecule has 0 N–H and O–H groups in total. The lowest BCUT2D eigenvalue weighted by Crippen LogP contribution is -2.10. The maximum absolute atomic E-state index is 12.5. The molecule has 0 bridgehead atoms. The summed E-state index contributed by atoms with van der Waals surface area (Å²) < 4.78 is 7.46. The number of nitrogens with zero attached hydrogens (tertiary/aromatic N) is 2. The number of aromatic nitrogens is 2. The Morgan fingerprint density at radius 1 is 1.44 bits per heavy atom. The highest BCUT2D eigenvalue weighted by Crippen LogP contribution is 2.25. The first-order valence-electron chi connectivity index (χ1n) is 5.41. The topological polar surface area (TPSA) is 44.1 Å². The van der Waals surface area contributed by atoms with E-state index in [1.54, 1.807) is 31.1 Å². The Morgan fingerprint density at radius 2 is 2.17 bits per heavy atom. The normalized spacial score (nSPS) is 10.4. The van der Waals surface area contributed by atoms with Crippen molar-refractivity contribution in [1.82, 2.24) is 9.78 Å². The Hall–Kier alpha value is -1.62. The predicted octanol–water partition coefficient (Wildman–Crippen LogP) is 2.73. The van der Waals surface area contributed by atoms with Crippen molar-refractivity contribution in [2.24, 2.45) is 7.05 Å². The zero-order chi connectivity index (χ0) is 13.3. The maximum atomic E-state index is 12.5. The molecule has 18 heavy (non-hydrogen) atoms. The van der Waals surface area contributed by atoms with Gasteiger partial charge >= 0.3 is 0 Å². The van der Waals surface area contributed by atoms with E-state index < -0.39 is 0 Å². The molecule has 0 spiro atoms. The number of aryl methyl sites for hydroxylation is 2. The van der Waals surface area contributed by atoms with Crippen molar-refractivity contribution in [3.05, 3.63) is 45.7 Å². The third-order valence-electron chi connectivity index (χ3n) is 2.71. The number of ketones is 1. The van der Waals surface area contributed by atoms with Crippen molar-refractivity contribution < 1.29 is 9.53 Å². The second-order valence-electron chi connectivity index (χ2n) is 4.00. The lowest BCUT2D eigenvalue weighted by atomic mass is 10.0. The molecular weight excluding hydrogens is 296 g/mol. The minimum atomic E-state index is -0.109.